The van der Waals surface area contributed by atoms with E-state index in [1.165, 1.54) is 49.8 Å². The van der Waals surface area contributed by atoms with Gasteiger partial charge in [-0.25, -0.2) is 9.40 Å². The van der Waals surface area contributed by atoms with E-state index in [1.807, 2.05) is 18.2 Å². The fourth-order valence-corrected chi connectivity index (χ4v) is 5.01. The first-order valence-corrected chi connectivity index (χ1v) is 10.6. The van der Waals surface area contributed by atoms with Crippen molar-refractivity contribution in [1.82, 2.24) is 5.01 Å². The molecule has 2 aromatic rings. The standard InChI is InChI=1S/C22H22BrFN2O/c23-16-8-11-21-18(12-16)20-13-19(14-6-9-17(24)10-7-14)25-26(20)22(27-21)15-4-2-1-3-5-15/h6-12,15,20,22H,1-5,13H2/t20-,22+/m1/s1. The molecular weight excluding hydrogens is 407 g/mol. The summed E-state index contributed by atoms with van der Waals surface area (Å²) in [5, 5.41) is 7.17. The molecule has 0 amide bonds. The fourth-order valence-electron chi connectivity index (χ4n) is 4.63. The summed E-state index contributed by atoms with van der Waals surface area (Å²) in [6.45, 7) is 0. The highest BCUT2D eigenvalue weighted by atomic mass is 79.9. The quantitative estimate of drug-likeness (QED) is 0.582. The zero-order chi connectivity index (χ0) is 18.4. The third kappa shape index (κ3) is 3.16. The van der Waals surface area contributed by atoms with Gasteiger partial charge in [0.2, 0.25) is 0 Å². The summed E-state index contributed by atoms with van der Waals surface area (Å²) in [4.78, 5) is 0. The van der Waals surface area contributed by atoms with E-state index in [0.717, 1.165) is 27.9 Å². The monoisotopic (exact) mass is 428 g/mol. The lowest BCUT2D eigenvalue weighted by atomic mass is 9.86. The Morgan fingerprint density at radius 3 is 2.59 bits per heavy atom. The first-order valence-electron chi connectivity index (χ1n) is 9.77. The van der Waals surface area contributed by atoms with Crippen molar-refractivity contribution in [3.05, 3.63) is 63.9 Å². The number of benzene rings is 2. The SMILES string of the molecule is Fc1ccc(C2=NN3[C@H](C2)c2cc(Br)ccc2O[C@H]3C2CCCCC2)cc1. The van der Waals surface area contributed by atoms with E-state index in [-0.39, 0.29) is 18.1 Å². The van der Waals surface area contributed by atoms with E-state index in [2.05, 4.69) is 33.1 Å². The maximum Gasteiger partial charge on any atom is 0.190 e. The molecule has 0 aromatic heterocycles. The van der Waals surface area contributed by atoms with Crippen molar-refractivity contribution in [2.24, 2.45) is 11.0 Å². The molecule has 3 aliphatic rings. The smallest absolute Gasteiger partial charge is 0.190 e. The van der Waals surface area contributed by atoms with Crippen molar-refractivity contribution in [2.75, 3.05) is 0 Å². The lowest BCUT2D eigenvalue weighted by molar-refractivity contribution is -0.0644. The van der Waals surface area contributed by atoms with Crippen LogP contribution in [0.4, 0.5) is 4.39 Å². The Bertz CT molecular complexity index is 876. The van der Waals surface area contributed by atoms with Crippen LogP contribution in [0.1, 0.15) is 55.7 Å². The van der Waals surface area contributed by atoms with Crippen LogP contribution in [0.15, 0.2) is 52.0 Å². The molecule has 27 heavy (non-hydrogen) atoms. The number of ether oxygens (including phenoxy) is 1. The first kappa shape index (κ1) is 17.2. The Hall–Kier alpha value is -1.88. The Labute approximate surface area is 167 Å². The van der Waals surface area contributed by atoms with Crippen LogP contribution in [0, 0.1) is 11.7 Å². The van der Waals surface area contributed by atoms with E-state index >= 15 is 0 Å². The zero-order valence-corrected chi connectivity index (χ0v) is 16.7. The number of fused-ring (bicyclic) bond motifs is 3. The van der Waals surface area contributed by atoms with Crippen LogP contribution in [0.5, 0.6) is 5.75 Å². The van der Waals surface area contributed by atoms with E-state index in [9.17, 15) is 4.39 Å². The minimum absolute atomic E-state index is 0.0121. The van der Waals surface area contributed by atoms with E-state index in [0.29, 0.717) is 5.92 Å². The topological polar surface area (TPSA) is 24.8 Å². The van der Waals surface area contributed by atoms with Gasteiger partial charge in [0.25, 0.3) is 0 Å². The first-order chi connectivity index (χ1) is 13.2. The average molecular weight is 429 g/mol. The van der Waals surface area contributed by atoms with E-state index in [4.69, 9.17) is 9.84 Å². The van der Waals surface area contributed by atoms with Crippen LogP contribution in [0.25, 0.3) is 0 Å². The molecule has 5 rings (SSSR count). The minimum atomic E-state index is -0.215. The lowest BCUT2D eigenvalue weighted by Crippen LogP contribution is -2.45. The number of rotatable bonds is 2. The van der Waals surface area contributed by atoms with Gasteiger partial charge in [0, 0.05) is 22.4 Å². The minimum Gasteiger partial charge on any atom is -0.468 e. The Kier molecular flexibility index (Phi) is 4.43. The van der Waals surface area contributed by atoms with Crippen LogP contribution < -0.4 is 4.74 Å². The van der Waals surface area contributed by atoms with Gasteiger partial charge in [-0.1, -0.05) is 47.3 Å². The molecule has 1 aliphatic carbocycles. The van der Waals surface area contributed by atoms with E-state index < -0.39 is 0 Å². The van der Waals surface area contributed by atoms with Crippen molar-refractivity contribution in [1.29, 1.82) is 0 Å². The predicted octanol–water partition coefficient (Wildman–Crippen LogP) is 6.04. The molecule has 0 N–H and O–H groups in total. The predicted molar refractivity (Wildman–Crippen MR) is 107 cm³/mol. The van der Waals surface area contributed by atoms with Gasteiger partial charge >= 0.3 is 0 Å². The van der Waals surface area contributed by atoms with Gasteiger partial charge in [0.1, 0.15) is 11.6 Å². The normalized spacial score (nSPS) is 24.8. The highest BCUT2D eigenvalue weighted by Gasteiger charge is 2.43. The number of hydrogen-bond donors (Lipinski definition) is 0. The summed E-state index contributed by atoms with van der Waals surface area (Å²) in [5.74, 6) is 1.27. The van der Waals surface area contributed by atoms with Crippen molar-refractivity contribution < 1.29 is 9.13 Å². The van der Waals surface area contributed by atoms with Gasteiger partial charge in [-0.05, 0) is 48.7 Å². The highest BCUT2D eigenvalue weighted by molar-refractivity contribution is 9.10. The van der Waals surface area contributed by atoms with Crippen LogP contribution in [-0.4, -0.2) is 16.9 Å². The Morgan fingerprint density at radius 2 is 1.81 bits per heavy atom. The molecule has 0 unspecified atom stereocenters. The molecule has 0 saturated heterocycles. The van der Waals surface area contributed by atoms with Gasteiger partial charge in [0.05, 0.1) is 11.8 Å². The molecule has 2 atom stereocenters. The van der Waals surface area contributed by atoms with Gasteiger partial charge in [-0.3, -0.25) is 0 Å². The molecule has 0 radical (unpaired) electrons. The lowest BCUT2D eigenvalue weighted by Gasteiger charge is -2.42. The van der Waals surface area contributed by atoms with Crippen LogP contribution in [-0.2, 0) is 0 Å². The largest absolute Gasteiger partial charge is 0.468 e. The second-order valence-electron chi connectivity index (χ2n) is 7.74. The molecule has 1 fully saturated rings. The van der Waals surface area contributed by atoms with Crippen molar-refractivity contribution in [2.45, 2.75) is 50.8 Å². The van der Waals surface area contributed by atoms with Crippen molar-refractivity contribution in [3.8, 4) is 5.75 Å². The summed E-state index contributed by atoms with van der Waals surface area (Å²) in [6.07, 6.45) is 7.06. The molecule has 5 heteroatoms. The van der Waals surface area contributed by atoms with E-state index in [1.54, 1.807) is 0 Å². The van der Waals surface area contributed by atoms with Gasteiger partial charge in [-0.15, -0.1) is 0 Å². The molecule has 2 aromatic carbocycles. The van der Waals surface area contributed by atoms with Crippen molar-refractivity contribution in [3.63, 3.8) is 0 Å². The van der Waals surface area contributed by atoms with Crippen molar-refractivity contribution >= 4 is 21.6 Å². The summed E-state index contributed by atoms with van der Waals surface area (Å²) >= 11 is 3.59. The number of nitrogens with zero attached hydrogens (tertiary/aromatic N) is 2. The maximum atomic E-state index is 13.3. The maximum absolute atomic E-state index is 13.3. The molecule has 0 bridgehead atoms. The number of hydrogen-bond acceptors (Lipinski definition) is 3. The second kappa shape index (κ2) is 6.93. The zero-order valence-electron chi connectivity index (χ0n) is 15.1. The van der Waals surface area contributed by atoms with Crippen LogP contribution in [0.2, 0.25) is 0 Å². The fraction of sp³-hybridized carbons (Fsp3) is 0.409. The summed E-state index contributed by atoms with van der Waals surface area (Å²) < 4.78 is 20.9. The molecule has 1 saturated carbocycles. The third-order valence-corrected chi connectivity index (χ3v) is 6.51. The number of halogens is 2. The molecular formula is C22H22BrFN2O. The van der Waals surface area contributed by atoms with Gasteiger partial charge < -0.3 is 4.74 Å². The molecule has 3 nitrogen and oxygen atoms in total. The Morgan fingerprint density at radius 1 is 1.04 bits per heavy atom. The molecule has 0 spiro atoms. The van der Waals surface area contributed by atoms with Gasteiger partial charge in [0.15, 0.2) is 6.23 Å². The van der Waals surface area contributed by atoms with Crippen LogP contribution in [0.3, 0.4) is 0 Å². The summed E-state index contributed by atoms with van der Waals surface area (Å²) in [5.41, 5.74) is 3.18. The highest BCUT2D eigenvalue weighted by Crippen LogP contribution is 2.47. The molecule has 2 heterocycles. The summed E-state index contributed by atoms with van der Waals surface area (Å²) in [7, 11) is 0. The Balaban J connectivity index is 1.53. The third-order valence-electron chi connectivity index (χ3n) is 6.01. The number of hydrazone groups is 1. The molecule has 140 valence electrons. The van der Waals surface area contributed by atoms with Gasteiger partial charge in [-0.2, -0.15) is 5.10 Å². The molecule has 2 aliphatic heterocycles. The average Bonchev–Trinajstić information content (AvgIpc) is 3.14. The van der Waals surface area contributed by atoms with Crippen LogP contribution >= 0.6 is 15.9 Å². The summed E-state index contributed by atoms with van der Waals surface area (Å²) in [6, 6.07) is 13.1. The second-order valence-corrected chi connectivity index (χ2v) is 8.66.